The lowest BCUT2D eigenvalue weighted by Gasteiger charge is -2.25. The predicted molar refractivity (Wildman–Crippen MR) is 68.6 cm³/mol. The summed E-state index contributed by atoms with van der Waals surface area (Å²) >= 11 is 0. The zero-order chi connectivity index (χ0) is 14.7. The quantitative estimate of drug-likeness (QED) is 0.762. The maximum Gasteiger partial charge on any atom is 0.251 e. The molecule has 0 radical (unpaired) electrons. The topological polar surface area (TPSA) is 88.2 Å². The third-order valence-electron chi connectivity index (χ3n) is 2.14. The number of pyridine rings is 1. The Hall–Kier alpha value is -1.54. The van der Waals surface area contributed by atoms with Crippen molar-refractivity contribution in [2.45, 2.75) is 19.4 Å². The van der Waals surface area contributed by atoms with Crippen molar-refractivity contribution in [2.24, 2.45) is 0 Å². The fraction of sp³-hybridized carbons (Fsp3) is 0.455. The Labute approximate surface area is 111 Å². The molecule has 0 unspecified atom stereocenters. The van der Waals surface area contributed by atoms with Gasteiger partial charge in [0, 0.05) is 29.9 Å². The van der Waals surface area contributed by atoms with Crippen LogP contribution in [0.1, 0.15) is 24.2 Å². The van der Waals surface area contributed by atoms with Crippen molar-refractivity contribution in [3.05, 3.63) is 29.8 Å². The fourth-order valence-electron chi connectivity index (χ4n) is 1.48. The van der Waals surface area contributed by atoms with Gasteiger partial charge in [0.15, 0.2) is 0 Å². The molecule has 19 heavy (non-hydrogen) atoms. The molecule has 1 heterocycles. The van der Waals surface area contributed by atoms with Crippen LogP contribution in [0.15, 0.2) is 18.3 Å². The lowest BCUT2D eigenvalue weighted by atomic mass is 10.1. The predicted octanol–water partition coefficient (Wildman–Crippen LogP) is 0.278. The van der Waals surface area contributed by atoms with Crippen LogP contribution in [-0.2, 0) is 10.0 Å². The molecule has 0 aliphatic carbocycles. The van der Waals surface area contributed by atoms with E-state index >= 15 is 0 Å². The van der Waals surface area contributed by atoms with E-state index in [0.29, 0.717) is 0 Å². The number of halogens is 1. The van der Waals surface area contributed by atoms with Crippen LogP contribution in [0.3, 0.4) is 0 Å². The van der Waals surface area contributed by atoms with E-state index in [2.05, 4.69) is 15.0 Å². The van der Waals surface area contributed by atoms with E-state index in [1.807, 2.05) is 0 Å². The van der Waals surface area contributed by atoms with E-state index in [0.717, 1.165) is 12.3 Å². The van der Waals surface area contributed by atoms with Crippen molar-refractivity contribution in [3.8, 4) is 0 Å². The minimum Gasteiger partial charge on any atom is -0.350 e. The summed E-state index contributed by atoms with van der Waals surface area (Å²) in [6.07, 6.45) is 2.22. The Bertz CT molecular complexity index is 572. The number of aromatic nitrogens is 1. The summed E-state index contributed by atoms with van der Waals surface area (Å²) in [6.45, 7) is 3.33. The third-order valence-corrected chi connectivity index (χ3v) is 3.06. The van der Waals surface area contributed by atoms with Gasteiger partial charge in [0.25, 0.3) is 5.91 Å². The van der Waals surface area contributed by atoms with Gasteiger partial charge in [0.1, 0.15) is 0 Å². The Morgan fingerprint density at radius 2 is 2.11 bits per heavy atom. The second-order valence-electron chi connectivity index (χ2n) is 4.81. The van der Waals surface area contributed by atoms with Gasteiger partial charge in [-0.05, 0) is 19.9 Å². The van der Waals surface area contributed by atoms with Crippen molar-refractivity contribution in [1.29, 1.82) is 0 Å². The smallest absolute Gasteiger partial charge is 0.251 e. The van der Waals surface area contributed by atoms with Gasteiger partial charge in [-0.15, -0.1) is 0 Å². The summed E-state index contributed by atoms with van der Waals surface area (Å²) in [5.41, 5.74) is -0.711. The second kappa shape index (κ2) is 5.62. The van der Waals surface area contributed by atoms with Gasteiger partial charge in [-0.3, -0.25) is 4.79 Å². The monoisotopic (exact) mass is 289 g/mol. The molecule has 0 atom stereocenters. The summed E-state index contributed by atoms with van der Waals surface area (Å²) in [5, 5.41) is 2.53. The average Bonchev–Trinajstić information content (AvgIpc) is 2.22. The van der Waals surface area contributed by atoms with Crippen molar-refractivity contribution < 1.29 is 17.6 Å². The van der Waals surface area contributed by atoms with E-state index in [1.165, 1.54) is 12.3 Å². The molecule has 0 aliphatic heterocycles. The molecule has 106 valence electrons. The number of nitrogens with one attached hydrogen (secondary N) is 2. The Morgan fingerprint density at radius 3 is 2.63 bits per heavy atom. The molecule has 8 heteroatoms. The first-order valence-electron chi connectivity index (χ1n) is 5.48. The SMILES string of the molecule is CC(C)(CNC(=O)c1ccnc(F)c1)NS(C)(=O)=O. The van der Waals surface area contributed by atoms with Gasteiger partial charge in [-0.2, -0.15) is 4.39 Å². The van der Waals surface area contributed by atoms with Gasteiger partial charge in [-0.25, -0.2) is 18.1 Å². The van der Waals surface area contributed by atoms with Crippen LogP contribution in [-0.4, -0.2) is 37.6 Å². The molecule has 6 nitrogen and oxygen atoms in total. The lowest BCUT2D eigenvalue weighted by molar-refractivity contribution is 0.0944. The Balaban J connectivity index is 2.64. The highest BCUT2D eigenvalue weighted by Gasteiger charge is 2.23. The van der Waals surface area contributed by atoms with Gasteiger partial charge in [0.05, 0.1) is 6.26 Å². The average molecular weight is 289 g/mol. The van der Waals surface area contributed by atoms with Gasteiger partial charge in [0.2, 0.25) is 16.0 Å². The number of rotatable bonds is 5. The van der Waals surface area contributed by atoms with E-state index in [4.69, 9.17) is 0 Å². The van der Waals surface area contributed by atoms with Crippen LogP contribution in [0.4, 0.5) is 4.39 Å². The standard InChI is InChI=1S/C11H16FN3O3S/c1-11(2,15-19(3,17)18)7-14-10(16)8-4-5-13-9(12)6-8/h4-6,15H,7H2,1-3H3,(H,14,16). The maximum atomic E-state index is 12.8. The number of hydrogen-bond acceptors (Lipinski definition) is 4. The molecule has 1 aromatic rings. The van der Waals surface area contributed by atoms with Crippen LogP contribution in [0.2, 0.25) is 0 Å². The summed E-state index contributed by atoms with van der Waals surface area (Å²) < 4.78 is 37.5. The normalized spacial score (nSPS) is 12.2. The zero-order valence-corrected chi connectivity index (χ0v) is 11.7. The number of hydrogen-bond donors (Lipinski definition) is 2. The molecule has 0 aliphatic rings. The highest BCUT2D eigenvalue weighted by atomic mass is 32.2. The van der Waals surface area contributed by atoms with Gasteiger partial charge < -0.3 is 5.32 Å². The highest BCUT2D eigenvalue weighted by molar-refractivity contribution is 7.88. The van der Waals surface area contributed by atoms with Crippen molar-refractivity contribution in [2.75, 3.05) is 12.8 Å². The van der Waals surface area contributed by atoms with Crippen LogP contribution in [0.5, 0.6) is 0 Å². The van der Waals surface area contributed by atoms with E-state index < -0.39 is 27.4 Å². The van der Waals surface area contributed by atoms with Crippen LogP contribution >= 0.6 is 0 Å². The molecule has 0 fully saturated rings. The highest BCUT2D eigenvalue weighted by Crippen LogP contribution is 2.04. The number of nitrogens with zero attached hydrogens (tertiary/aromatic N) is 1. The molecular weight excluding hydrogens is 273 g/mol. The first-order chi connectivity index (χ1) is 8.59. The van der Waals surface area contributed by atoms with Gasteiger partial charge >= 0.3 is 0 Å². The Morgan fingerprint density at radius 1 is 1.47 bits per heavy atom. The minimum absolute atomic E-state index is 0.0723. The fourth-order valence-corrected chi connectivity index (χ4v) is 2.56. The summed E-state index contributed by atoms with van der Waals surface area (Å²) in [6, 6.07) is 2.38. The van der Waals surface area contributed by atoms with E-state index in [-0.39, 0.29) is 12.1 Å². The first kappa shape index (κ1) is 15.5. The molecule has 1 amide bonds. The summed E-state index contributed by atoms with van der Waals surface area (Å²) in [4.78, 5) is 15.1. The van der Waals surface area contributed by atoms with Gasteiger partial charge in [-0.1, -0.05) is 0 Å². The molecule has 0 saturated carbocycles. The summed E-state index contributed by atoms with van der Waals surface area (Å²) in [5.74, 6) is -1.24. The molecule has 0 bridgehead atoms. The molecule has 1 rings (SSSR count). The second-order valence-corrected chi connectivity index (χ2v) is 6.56. The van der Waals surface area contributed by atoms with Crippen molar-refractivity contribution in [3.63, 3.8) is 0 Å². The third kappa shape index (κ3) is 5.75. The first-order valence-corrected chi connectivity index (χ1v) is 7.37. The zero-order valence-electron chi connectivity index (χ0n) is 10.9. The van der Waals surface area contributed by atoms with E-state index in [1.54, 1.807) is 13.8 Å². The number of sulfonamides is 1. The molecule has 0 spiro atoms. The molecular formula is C11H16FN3O3S. The number of carbonyl (C=O) groups is 1. The molecule has 0 saturated heterocycles. The largest absolute Gasteiger partial charge is 0.350 e. The van der Waals surface area contributed by atoms with E-state index in [9.17, 15) is 17.6 Å². The maximum absolute atomic E-state index is 12.8. The Kier molecular flexibility index (Phi) is 4.59. The van der Waals surface area contributed by atoms with Crippen LogP contribution in [0.25, 0.3) is 0 Å². The number of carbonyl (C=O) groups excluding carboxylic acids is 1. The lowest BCUT2D eigenvalue weighted by Crippen LogP contribution is -2.51. The van der Waals surface area contributed by atoms with Crippen LogP contribution < -0.4 is 10.0 Å². The van der Waals surface area contributed by atoms with Crippen molar-refractivity contribution >= 4 is 15.9 Å². The summed E-state index contributed by atoms with van der Waals surface area (Å²) in [7, 11) is -3.37. The molecule has 0 aromatic carbocycles. The molecule has 1 aromatic heterocycles. The van der Waals surface area contributed by atoms with Crippen molar-refractivity contribution in [1.82, 2.24) is 15.0 Å². The molecule has 2 N–H and O–H groups in total. The minimum atomic E-state index is -3.37. The van der Waals surface area contributed by atoms with Crippen LogP contribution in [0, 0.1) is 5.95 Å². The number of amides is 1.